The first-order chi connectivity index (χ1) is 8.97. The van der Waals surface area contributed by atoms with E-state index in [1.54, 1.807) is 23.5 Å². The van der Waals surface area contributed by atoms with Crippen molar-refractivity contribution in [1.82, 2.24) is 0 Å². The Labute approximate surface area is 115 Å². The minimum absolute atomic E-state index is 0.355. The van der Waals surface area contributed by atoms with Crippen LogP contribution < -0.4 is 11.1 Å². The van der Waals surface area contributed by atoms with Crippen molar-refractivity contribution in [3.05, 3.63) is 51.5 Å². The van der Waals surface area contributed by atoms with E-state index in [4.69, 9.17) is 5.73 Å². The number of rotatable bonds is 4. The smallest absolute Gasteiger partial charge is 0.244 e. The lowest BCUT2D eigenvalue weighted by Crippen LogP contribution is -2.27. The molecule has 2 rings (SSSR count). The molecule has 100 valence electrons. The predicted molar refractivity (Wildman–Crippen MR) is 75.8 cm³/mol. The Bertz CT molecular complexity index is 609. The van der Waals surface area contributed by atoms with Gasteiger partial charge in [-0.25, -0.2) is 4.39 Å². The molecule has 0 fully saturated rings. The number of carbonyl (C=O) groups excluding carboxylic acids is 1. The molecule has 0 aliphatic carbocycles. The Kier molecular flexibility index (Phi) is 3.85. The van der Waals surface area contributed by atoms with Crippen LogP contribution >= 0.6 is 11.3 Å². The third-order valence-corrected chi connectivity index (χ3v) is 3.79. The van der Waals surface area contributed by atoms with E-state index in [1.165, 1.54) is 12.1 Å². The third-order valence-electron chi connectivity index (χ3n) is 2.81. The average Bonchev–Trinajstić information content (AvgIpc) is 2.65. The zero-order valence-electron chi connectivity index (χ0n) is 10.7. The molecule has 5 heteroatoms. The summed E-state index contributed by atoms with van der Waals surface area (Å²) in [6.45, 7) is 3.91. The van der Waals surface area contributed by atoms with Crippen molar-refractivity contribution in [3.63, 3.8) is 0 Å². The zero-order valence-corrected chi connectivity index (χ0v) is 11.6. The number of aryl methyl sites for hydroxylation is 2. The first kappa shape index (κ1) is 13.5. The summed E-state index contributed by atoms with van der Waals surface area (Å²) in [6, 6.07) is 7.26. The molecule has 0 aliphatic rings. The SMILES string of the molecule is Cc1cc(C(Nc2cccc(F)c2)C(N)=O)c(C)s1. The van der Waals surface area contributed by atoms with Crippen LogP contribution in [0.1, 0.15) is 21.4 Å². The summed E-state index contributed by atoms with van der Waals surface area (Å²) in [5.41, 5.74) is 6.82. The fourth-order valence-corrected chi connectivity index (χ4v) is 2.95. The van der Waals surface area contributed by atoms with Gasteiger partial charge in [0.25, 0.3) is 0 Å². The molecule has 2 aromatic rings. The molecule has 1 aromatic heterocycles. The molecular formula is C14H15FN2OS. The number of nitrogens with one attached hydrogen (secondary N) is 1. The van der Waals surface area contributed by atoms with Crippen molar-refractivity contribution in [2.45, 2.75) is 19.9 Å². The average molecular weight is 278 g/mol. The molecule has 1 unspecified atom stereocenters. The Hall–Kier alpha value is -1.88. The first-order valence-corrected chi connectivity index (χ1v) is 6.67. The number of hydrogen-bond acceptors (Lipinski definition) is 3. The monoisotopic (exact) mass is 278 g/mol. The molecular weight excluding hydrogens is 263 g/mol. The van der Waals surface area contributed by atoms with Crippen molar-refractivity contribution in [2.75, 3.05) is 5.32 Å². The van der Waals surface area contributed by atoms with Crippen LogP contribution in [0.2, 0.25) is 0 Å². The summed E-state index contributed by atoms with van der Waals surface area (Å²) in [5.74, 6) is -0.836. The van der Waals surface area contributed by atoms with E-state index in [9.17, 15) is 9.18 Å². The maximum Gasteiger partial charge on any atom is 0.244 e. The molecule has 0 radical (unpaired) electrons. The van der Waals surface area contributed by atoms with E-state index >= 15 is 0 Å². The molecule has 0 spiro atoms. The highest BCUT2D eigenvalue weighted by Gasteiger charge is 2.21. The summed E-state index contributed by atoms with van der Waals surface area (Å²) in [6.07, 6.45) is 0. The van der Waals surface area contributed by atoms with Gasteiger partial charge in [-0.2, -0.15) is 0 Å². The molecule has 0 saturated carbocycles. The highest BCUT2D eigenvalue weighted by Crippen LogP contribution is 2.28. The van der Waals surface area contributed by atoms with Gasteiger partial charge in [0.1, 0.15) is 11.9 Å². The van der Waals surface area contributed by atoms with Gasteiger partial charge in [-0.05, 0) is 43.7 Å². The lowest BCUT2D eigenvalue weighted by atomic mass is 10.1. The molecule has 0 bridgehead atoms. The fraction of sp³-hybridized carbons (Fsp3) is 0.214. The molecule has 3 nitrogen and oxygen atoms in total. The van der Waals surface area contributed by atoms with Gasteiger partial charge in [-0.3, -0.25) is 4.79 Å². The lowest BCUT2D eigenvalue weighted by molar-refractivity contribution is -0.118. The molecule has 19 heavy (non-hydrogen) atoms. The second-order valence-electron chi connectivity index (χ2n) is 4.36. The quantitative estimate of drug-likeness (QED) is 0.902. The van der Waals surface area contributed by atoms with Gasteiger partial charge >= 0.3 is 0 Å². The van der Waals surface area contributed by atoms with E-state index in [1.807, 2.05) is 19.9 Å². The summed E-state index contributed by atoms with van der Waals surface area (Å²) >= 11 is 1.61. The van der Waals surface area contributed by atoms with Gasteiger partial charge in [0.2, 0.25) is 5.91 Å². The van der Waals surface area contributed by atoms with Crippen molar-refractivity contribution in [2.24, 2.45) is 5.73 Å². The van der Waals surface area contributed by atoms with Gasteiger partial charge in [0, 0.05) is 15.4 Å². The summed E-state index contributed by atoms with van der Waals surface area (Å²) in [7, 11) is 0. The standard InChI is InChI=1S/C14H15FN2OS/c1-8-6-12(9(2)19-8)13(14(16)18)17-11-5-3-4-10(15)7-11/h3-7,13,17H,1-2H3,(H2,16,18). The van der Waals surface area contributed by atoms with E-state index in [0.29, 0.717) is 5.69 Å². The Morgan fingerprint density at radius 1 is 1.37 bits per heavy atom. The van der Waals surface area contributed by atoms with Crippen molar-refractivity contribution < 1.29 is 9.18 Å². The van der Waals surface area contributed by atoms with Gasteiger partial charge in [0.05, 0.1) is 0 Å². The summed E-state index contributed by atoms with van der Waals surface area (Å²) < 4.78 is 13.2. The van der Waals surface area contributed by atoms with Gasteiger partial charge in [-0.15, -0.1) is 11.3 Å². The molecule has 0 aliphatic heterocycles. The number of nitrogens with two attached hydrogens (primary N) is 1. The fourth-order valence-electron chi connectivity index (χ4n) is 1.98. The van der Waals surface area contributed by atoms with Gasteiger partial charge < -0.3 is 11.1 Å². The highest BCUT2D eigenvalue weighted by molar-refractivity contribution is 7.12. The van der Waals surface area contributed by atoms with Gasteiger partial charge in [0.15, 0.2) is 0 Å². The number of benzene rings is 1. The Balaban J connectivity index is 2.32. The topological polar surface area (TPSA) is 55.1 Å². The predicted octanol–water partition coefficient (Wildman–Crippen LogP) is 3.14. The van der Waals surface area contributed by atoms with E-state index in [2.05, 4.69) is 5.32 Å². The molecule has 1 aromatic carbocycles. The maximum atomic E-state index is 13.2. The number of anilines is 1. The van der Waals surface area contributed by atoms with Crippen LogP contribution in [0.15, 0.2) is 30.3 Å². The normalized spacial score (nSPS) is 12.2. The second-order valence-corrected chi connectivity index (χ2v) is 5.82. The van der Waals surface area contributed by atoms with Crippen LogP contribution in [0.4, 0.5) is 10.1 Å². The van der Waals surface area contributed by atoms with E-state index < -0.39 is 11.9 Å². The maximum absolute atomic E-state index is 13.2. The summed E-state index contributed by atoms with van der Waals surface area (Å²) in [5, 5.41) is 2.98. The third kappa shape index (κ3) is 3.12. The van der Waals surface area contributed by atoms with E-state index in [0.717, 1.165) is 15.3 Å². The number of amides is 1. The van der Waals surface area contributed by atoms with E-state index in [-0.39, 0.29) is 5.82 Å². The Morgan fingerprint density at radius 2 is 2.11 bits per heavy atom. The van der Waals surface area contributed by atoms with Crippen LogP contribution in [-0.4, -0.2) is 5.91 Å². The second kappa shape index (κ2) is 5.40. The molecule has 1 atom stereocenters. The zero-order chi connectivity index (χ0) is 14.0. The number of hydrogen-bond donors (Lipinski definition) is 2. The number of carbonyl (C=O) groups is 1. The van der Waals surface area contributed by atoms with Crippen LogP contribution in [0, 0.1) is 19.7 Å². The number of primary amides is 1. The molecule has 1 heterocycles. The van der Waals surface area contributed by atoms with Crippen molar-refractivity contribution >= 4 is 22.9 Å². The van der Waals surface area contributed by atoms with Gasteiger partial charge in [-0.1, -0.05) is 6.07 Å². The first-order valence-electron chi connectivity index (χ1n) is 5.85. The number of thiophene rings is 1. The van der Waals surface area contributed by atoms with Crippen LogP contribution in [-0.2, 0) is 4.79 Å². The molecule has 0 saturated heterocycles. The van der Waals surface area contributed by atoms with Crippen LogP contribution in [0.25, 0.3) is 0 Å². The lowest BCUT2D eigenvalue weighted by Gasteiger charge is -2.16. The largest absolute Gasteiger partial charge is 0.370 e. The van der Waals surface area contributed by atoms with Crippen molar-refractivity contribution in [3.8, 4) is 0 Å². The van der Waals surface area contributed by atoms with Crippen molar-refractivity contribution in [1.29, 1.82) is 0 Å². The minimum Gasteiger partial charge on any atom is -0.370 e. The highest BCUT2D eigenvalue weighted by atomic mass is 32.1. The number of halogens is 1. The minimum atomic E-state index is -0.647. The summed E-state index contributed by atoms with van der Waals surface area (Å²) in [4.78, 5) is 13.8. The van der Waals surface area contributed by atoms with Crippen LogP contribution in [0.3, 0.4) is 0 Å². The van der Waals surface area contributed by atoms with Crippen LogP contribution in [0.5, 0.6) is 0 Å². The molecule has 3 N–H and O–H groups in total. The Morgan fingerprint density at radius 3 is 2.63 bits per heavy atom. The molecule has 1 amide bonds.